The molecule has 2 fully saturated rings. The highest BCUT2D eigenvalue weighted by Gasteiger charge is 2.27. The Kier molecular flexibility index (Phi) is 8.38. The summed E-state index contributed by atoms with van der Waals surface area (Å²) < 4.78 is 4.88. The van der Waals surface area contributed by atoms with Crippen molar-refractivity contribution in [3.8, 4) is 0 Å². The molecular weight excluding hydrogens is 430 g/mol. The number of urea groups is 1. The third kappa shape index (κ3) is 6.48. The maximum absolute atomic E-state index is 12.8. The van der Waals surface area contributed by atoms with Gasteiger partial charge in [-0.05, 0) is 55.8 Å². The maximum Gasteiger partial charge on any atom is 0.325 e. The lowest BCUT2D eigenvalue weighted by Crippen LogP contribution is -2.54. The number of rotatable bonds is 7. The number of methoxy groups -OCH3 is 1. The van der Waals surface area contributed by atoms with Crippen LogP contribution in [0.2, 0.25) is 0 Å². The molecule has 2 aromatic rings. The lowest BCUT2D eigenvalue weighted by atomic mass is 10.0. The Morgan fingerprint density at radius 1 is 1.00 bits per heavy atom. The van der Waals surface area contributed by atoms with Crippen LogP contribution in [0.15, 0.2) is 54.6 Å². The molecule has 0 unspecified atom stereocenters. The number of hydrogen-bond donors (Lipinski definition) is 2. The zero-order valence-electron chi connectivity index (χ0n) is 19.9. The number of piperazine rings is 1. The fourth-order valence-corrected chi connectivity index (χ4v) is 4.68. The van der Waals surface area contributed by atoms with Crippen molar-refractivity contribution in [1.82, 2.24) is 15.1 Å². The molecule has 0 radical (unpaired) electrons. The number of anilines is 2. The number of nitrogens with zero attached hydrogens (tertiary/aromatic N) is 3. The normalized spacial score (nSPS) is 17.3. The second-order valence-electron chi connectivity index (χ2n) is 8.90. The van der Waals surface area contributed by atoms with Crippen molar-refractivity contribution < 1.29 is 14.3 Å². The minimum absolute atomic E-state index is 0.0617. The second-order valence-corrected chi connectivity index (χ2v) is 8.90. The van der Waals surface area contributed by atoms with Gasteiger partial charge in [0, 0.05) is 50.1 Å². The number of ether oxygens (including phenoxy) is 1. The fraction of sp³-hybridized carbons (Fsp3) is 0.462. The first-order valence-corrected chi connectivity index (χ1v) is 12.1. The van der Waals surface area contributed by atoms with Gasteiger partial charge in [-0.1, -0.05) is 30.3 Å². The van der Waals surface area contributed by atoms with E-state index >= 15 is 0 Å². The fourth-order valence-electron chi connectivity index (χ4n) is 4.68. The topological polar surface area (TPSA) is 77.2 Å². The molecule has 0 atom stereocenters. The lowest BCUT2D eigenvalue weighted by molar-refractivity contribution is -0.139. The van der Waals surface area contributed by atoms with Gasteiger partial charge in [-0.25, -0.2) is 4.79 Å². The van der Waals surface area contributed by atoms with Crippen molar-refractivity contribution in [2.75, 3.05) is 63.1 Å². The Hall–Kier alpha value is -3.10. The Morgan fingerprint density at radius 2 is 1.68 bits per heavy atom. The molecule has 2 heterocycles. The van der Waals surface area contributed by atoms with Gasteiger partial charge in [-0.15, -0.1) is 0 Å². The number of hydrogen-bond acceptors (Lipinski definition) is 6. The highest BCUT2D eigenvalue weighted by atomic mass is 16.5. The summed E-state index contributed by atoms with van der Waals surface area (Å²) in [4.78, 5) is 31.2. The van der Waals surface area contributed by atoms with E-state index in [-0.39, 0.29) is 18.5 Å². The summed E-state index contributed by atoms with van der Waals surface area (Å²) in [5, 5.41) is 6.44. The van der Waals surface area contributed by atoms with Crippen LogP contribution in [-0.2, 0) is 16.1 Å². The van der Waals surface area contributed by atoms with Gasteiger partial charge >= 0.3 is 12.0 Å². The van der Waals surface area contributed by atoms with Crippen molar-refractivity contribution >= 4 is 23.4 Å². The molecule has 2 aliphatic rings. The Bertz CT molecular complexity index is 923. The summed E-state index contributed by atoms with van der Waals surface area (Å²) in [6.45, 7) is 6.27. The number of carbonyl (C=O) groups is 2. The molecule has 2 saturated heterocycles. The molecule has 34 heavy (non-hydrogen) atoms. The van der Waals surface area contributed by atoms with Gasteiger partial charge in [0.15, 0.2) is 0 Å². The van der Waals surface area contributed by atoms with Crippen molar-refractivity contribution in [2.24, 2.45) is 0 Å². The highest BCUT2D eigenvalue weighted by molar-refractivity contribution is 5.89. The van der Waals surface area contributed by atoms with Crippen LogP contribution in [0.5, 0.6) is 0 Å². The van der Waals surface area contributed by atoms with Crippen LogP contribution in [-0.4, -0.2) is 80.8 Å². The first-order valence-electron chi connectivity index (χ1n) is 12.1. The number of amides is 2. The van der Waals surface area contributed by atoms with Crippen LogP contribution < -0.4 is 15.5 Å². The van der Waals surface area contributed by atoms with Gasteiger partial charge in [-0.2, -0.15) is 0 Å². The SMILES string of the molecule is COC(=O)CN(Cc1ccccc1)c1ccc(NC(=O)N2CCN(C3CCNCC3)CC2)cc1. The van der Waals surface area contributed by atoms with Crippen LogP contribution in [0.4, 0.5) is 16.2 Å². The van der Waals surface area contributed by atoms with E-state index in [1.54, 1.807) is 0 Å². The van der Waals surface area contributed by atoms with Crippen LogP contribution in [0.25, 0.3) is 0 Å². The van der Waals surface area contributed by atoms with E-state index in [1.165, 1.54) is 20.0 Å². The van der Waals surface area contributed by atoms with Crippen molar-refractivity contribution in [1.29, 1.82) is 0 Å². The smallest absolute Gasteiger partial charge is 0.325 e. The van der Waals surface area contributed by atoms with E-state index in [0.717, 1.165) is 56.2 Å². The summed E-state index contributed by atoms with van der Waals surface area (Å²) in [5.74, 6) is -0.294. The highest BCUT2D eigenvalue weighted by Crippen LogP contribution is 2.21. The van der Waals surface area contributed by atoms with E-state index in [1.807, 2.05) is 64.4 Å². The van der Waals surface area contributed by atoms with Crippen molar-refractivity contribution in [3.63, 3.8) is 0 Å². The van der Waals surface area contributed by atoms with Crippen molar-refractivity contribution in [2.45, 2.75) is 25.4 Å². The number of esters is 1. The zero-order valence-corrected chi connectivity index (χ0v) is 19.9. The van der Waals surface area contributed by atoms with E-state index < -0.39 is 0 Å². The summed E-state index contributed by atoms with van der Waals surface area (Å²) in [6.07, 6.45) is 2.38. The van der Waals surface area contributed by atoms with E-state index in [2.05, 4.69) is 15.5 Å². The summed E-state index contributed by atoms with van der Waals surface area (Å²) in [5.41, 5.74) is 2.74. The largest absolute Gasteiger partial charge is 0.468 e. The Labute approximate surface area is 201 Å². The molecule has 0 aromatic heterocycles. The molecule has 182 valence electrons. The molecule has 8 nitrogen and oxygen atoms in total. The number of nitrogens with one attached hydrogen (secondary N) is 2. The first-order chi connectivity index (χ1) is 16.6. The average Bonchev–Trinajstić information content (AvgIpc) is 2.90. The van der Waals surface area contributed by atoms with Gasteiger partial charge < -0.3 is 25.2 Å². The Morgan fingerprint density at radius 3 is 2.32 bits per heavy atom. The van der Waals surface area contributed by atoms with Gasteiger partial charge in [0.25, 0.3) is 0 Å². The molecule has 2 N–H and O–H groups in total. The molecule has 8 heteroatoms. The Balaban J connectivity index is 1.32. The van der Waals surface area contributed by atoms with E-state index in [4.69, 9.17) is 4.74 Å². The van der Waals surface area contributed by atoms with Gasteiger partial charge in [-0.3, -0.25) is 9.69 Å². The number of piperidine rings is 1. The lowest BCUT2D eigenvalue weighted by Gasteiger charge is -2.40. The predicted molar refractivity (Wildman–Crippen MR) is 134 cm³/mol. The molecule has 4 rings (SSSR count). The monoisotopic (exact) mass is 465 g/mol. The zero-order chi connectivity index (χ0) is 23.8. The average molecular weight is 466 g/mol. The number of benzene rings is 2. The van der Waals surface area contributed by atoms with Crippen LogP contribution in [0.3, 0.4) is 0 Å². The molecule has 2 aliphatic heterocycles. The summed E-state index contributed by atoms with van der Waals surface area (Å²) in [7, 11) is 1.40. The second kappa shape index (κ2) is 11.9. The van der Waals surface area contributed by atoms with Gasteiger partial charge in [0.2, 0.25) is 0 Å². The standard InChI is InChI=1S/C26H35N5O3/c1-34-25(32)20-31(19-21-5-3-2-4-6-21)23-9-7-22(8-10-23)28-26(33)30-17-15-29(16-18-30)24-11-13-27-14-12-24/h2-10,24,27H,11-20H2,1H3,(H,28,33). The quantitative estimate of drug-likeness (QED) is 0.613. The molecule has 2 aromatic carbocycles. The minimum atomic E-state index is -0.294. The molecule has 0 aliphatic carbocycles. The molecule has 2 amide bonds. The van der Waals surface area contributed by atoms with Crippen LogP contribution in [0, 0.1) is 0 Å². The summed E-state index contributed by atoms with van der Waals surface area (Å²) in [6, 6.07) is 18.2. The first kappa shape index (κ1) is 24.0. The molecule has 0 bridgehead atoms. The molecular formula is C26H35N5O3. The van der Waals surface area contributed by atoms with Gasteiger partial charge in [0.05, 0.1) is 7.11 Å². The van der Waals surface area contributed by atoms with E-state index in [9.17, 15) is 9.59 Å². The molecule has 0 spiro atoms. The number of carbonyl (C=O) groups excluding carboxylic acids is 2. The van der Waals surface area contributed by atoms with Crippen LogP contribution in [0.1, 0.15) is 18.4 Å². The van der Waals surface area contributed by atoms with E-state index in [0.29, 0.717) is 12.6 Å². The third-order valence-electron chi connectivity index (χ3n) is 6.67. The minimum Gasteiger partial charge on any atom is -0.468 e. The van der Waals surface area contributed by atoms with Crippen molar-refractivity contribution in [3.05, 3.63) is 60.2 Å². The third-order valence-corrected chi connectivity index (χ3v) is 6.67. The van der Waals surface area contributed by atoms with Crippen LogP contribution >= 0.6 is 0 Å². The van der Waals surface area contributed by atoms with Gasteiger partial charge in [0.1, 0.15) is 6.54 Å². The summed E-state index contributed by atoms with van der Waals surface area (Å²) >= 11 is 0. The predicted octanol–water partition coefficient (Wildman–Crippen LogP) is 2.77. The molecule has 0 saturated carbocycles. The maximum atomic E-state index is 12.8.